The maximum atomic E-state index is 13.5. The minimum Gasteiger partial charge on any atom is -0.331 e. The normalized spacial score (nSPS) is 18.2. The number of nitrogens with zero attached hydrogens (tertiary/aromatic N) is 1. The van der Waals surface area contributed by atoms with E-state index in [1.807, 2.05) is 12.2 Å². The summed E-state index contributed by atoms with van der Waals surface area (Å²) in [5.74, 6) is -6.40. The van der Waals surface area contributed by atoms with Gasteiger partial charge in [-0.3, -0.25) is 9.59 Å². The second-order valence-corrected chi connectivity index (χ2v) is 5.23. The van der Waals surface area contributed by atoms with E-state index < -0.39 is 35.0 Å². The number of amides is 2. The third-order valence-corrected chi connectivity index (χ3v) is 3.84. The van der Waals surface area contributed by atoms with E-state index in [4.69, 9.17) is 0 Å². The van der Waals surface area contributed by atoms with Gasteiger partial charge in [0, 0.05) is 12.6 Å². The van der Waals surface area contributed by atoms with Crippen molar-refractivity contribution < 1.29 is 22.8 Å². The molecule has 1 atom stereocenters. The molecule has 0 saturated carbocycles. The van der Waals surface area contributed by atoms with Crippen LogP contribution in [0, 0.1) is 17.5 Å². The SMILES string of the molecule is CCC1CCCCN1C(=O)C(=O)Nc1ccc(F)c(F)c1F. The number of benzene rings is 1. The highest BCUT2D eigenvalue weighted by Gasteiger charge is 2.30. The first-order valence-corrected chi connectivity index (χ1v) is 7.21. The Morgan fingerprint density at radius 1 is 1.23 bits per heavy atom. The van der Waals surface area contributed by atoms with Gasteiger partial charge >= 0.3 is 11.8 Å². The number of rotatable bonds is 2. The van der Waals surface area contributed by atoms with Crippen molar-refractivity contribution in [1.29, 1.82) is 0 Å². The zero-order chi connectivity index (χ0) is 16.3. The van der Waals surface area contributed by atoms with Crippen LogP contribution in [0.1, 0.15) is 32.6 Å². The fourth-order valence-corrected chi connectivity index (χ4v) is 2.62. The summed E-state index contributed by atoms with van der Waals surface area (Å²) in [6, 6.07) is 1.54. The molecule has 1 aliphatic heterocycles. The second-order valence-electron chi connectivity index (χ2n) is 5.23. The van der Waals surface area contributed by atoms with E-state index in [9.17, 15) is 22.8 Å². The van der Waals surface area contributed by atoms with Crippen LogP contribution in [0.5, 0.6) is 0 Å². The number of carbonyl (C=O) groups excluding carboxylic acids is 2. The summed E-state index contributed by atoms with van der Waals surface area (Å²) in [4.78, 5) is 25.5. The summed E-state index contributed by atoms with van der Waals surface area (Å²) in [5, 5.41) is 2.01. The smallest absolute Gasteiger partial charge is 0.313 e. The third kappa shape index (κ3) is 3.23. The third-order valence-electron chi connectivity index (χ3n) is 3.84. The lowest BCUT2D eigenvalue weighted by molar-refractivity contribution is -0.145. The van der Waals surface area contributed by atoms with Crippen LogP contribution in [-0.2, 0) is 9.59 Å². The van der Waals surface area contributed by atoms with Gasteiger partial charge in [0.05, 0.1) is 5.69 Å². The van der Waals surface area contributed by atoms with E-state index >= 15 is 0 Å². The minimum absolute atomic E-state index is 0.0261. The molecule has 0 radical (unpaired) electrons. The Balaban J connectivity index is 2.11. The summed E-state index contributed by atoms with van der Waals surface area (Å²) < 4.78 is 39.5. The van der Waals surface area contributed by atoms with Crippen molar-refractivity contribution in [2.45, 2.75) is 38.6 Å². The largest absolute Gasteiger partial charge is 0.331 e. The van der Waals surface area contributed by atoms with Crippen LogP contribution in [0.2, 0.25) is 0 Å². The van der Waals surface area contributed by atoms with Crippen molar-refractivity contribution in [2.24, 2.45) is 0 Å². The Morgan fingerprint density at radius 3 is 2.64 bits per heavy atom. The molecule has 2 rings (SSSR count). The van der Waals surface area contributed by atoms with E-state index in [1.165, 1.54) is 4.90 Å². The molecule has 1 unspecified atom stereocenters. The molecule has 2 amide bonds. The maximum absolute atomic E-state index is 13.5. The second kappa shape index (κ2) is 6.81. The van der Waals surface area contributed by atoms with E-state index in [-0.39, 0.29) is 6.04 Å². The molecule has 0 spiro atoms. The monoisotopic (exact) mass is 314 g/mol. The first-order chi connectivity index (χ1) is 10.5. The molecule has 22 heavy (non-hydrogen) atoms. The van der Waals surface area contributed by atoms with Gasteiger partial charge < -0.3 is 10.2 Å². The van der Waals surface area contributed by atoms with Gasteiger partial charge in [0.1, 0.15) is 0 Å². The van der Waals surface area contributed by atoms with Crippen LogP contribution in [0.3, 0.4) is 0 Å². The van der Waals surface area contributed by atoms with Crippen molar-refractivity contribution >= 4 is 17.5 Å². The molecule has 0 aromatic heterocycles. The molecule has 0 bridgehead atoms. The molecule has 1 N–H and O–H groups in total. The van der Waals surface area contributed by atoms with Gasteiger partial charge in [-0.2, -0.15) is 0 Å². The summed E-state index contributed by atoms with van der Waals surface area (Å²) in [7, 11) is 0. The van der Waals surface area contributed by atoms with E-state index in [1.54, 1.807) is 0 Å². The highest BCUT2D eigenvalue weighted by Crippen LogP contribution is 2.22. The zero-order valence-electron chi connectivity index (χ0n) is 12.2. The Hall–Kier alpha value is -2.05. The van der Waals surface area contributed by atoms with Crippen LogP contribution in [0.15, 0.2) is 12.1 Å². The van der Waals surface area contributed by atoms with Gasteiger partial charge in [-0.25, -0.2) is 13.2 Å². The first kappa shape index (κ1) is 16.3. The average molecular weight is 314 g/mol. The topological polar surface area (TPSA) is 49.4 Å². The number of hydrogen-bond donors (Lipinski definition) is 1. The standard InChI is InChI=1S/C15H17F3N2O2/c1-2-9-5-3-4-8-20(9)15(22)14(21)19-11-7-6-10(16)12(17)13(11)18/h6-7,9H,2-5,8H2,1H3,(H,19,21). The lowest BCUT2D eigenvalue weighted by Gasteiger charge is -2.34. The number of carbonyl (C=O) groups is 2. The first-order valence-electron chi connectivity index (χ1n) is 7.21. The molecule has 7 heteroatoms. The zero-order valence-corrected chi connectivity index (χ0v) is 12.2. The number of anilines is 1. The number of nitrogens with one attached hydrogen (secondary N) is 1. The molecule has 4 nitrogen and oxygen atoms in total. The van der Waals surface area contributed by atoms with Crippen LogP contribution >= 0.6 is 0 Å². The number of halogens is 3. The predicted molar refractivity (Wildman–Crippen MR) is 74.6 cm³/mol. The van der Waals surface area contributed by atoms with Gasteiger partial charge in [0.15, 0.2) is 17.5 Å². The molecule has 1 aliphatic rings. The van der Waals surface area contributed by atoms with Crippen LogP contribution in [0.25, 0.3) is 0 Å². The van der Waals surface area contributed by atoms with Crippen molar-refractivity contribution in [1.82, 2.24) is 4.90 Å². The predicted octanol–water partition coefficient (Wildman–Crippen LogP) is 2.83. The molecular weight excluding hydrogens is 297 g/mol. The van der Waals surface area contributed by atoms with Gasteiger partial charge in [0.25, 0.3) is 0 Å². The lowest BCUT2D eigenvalue weighted by Crippen LogP contribution is -2.48. The van der Waals surface area contributed by atoms with Crippen molar-refractivity contribution in [3.63, 3.8) is 0 Å². The Labute approximate surface area is 126 Å². The summed E-state index contributed by atoms with van der Waals surface area (Å²) in [6.07, 6.45) is 3.32. The highest BCUT2D eigenvalue weighted by atomic mass is 19.2. The Morgan fingerprint density at radius 2 is 1.95 bits per heavy atom. The molecule has 1 aromatic rings. The van der Waals surface area contributed by atoms with Crippen LogP contribution < -0.4 is 5.32 Å². The molecule has 1 heterocycles. The highest BCUT2D eigenvalue weighted by molar-refractivity contribution is 6.39. The molecule has 1 aromatic carbocycles. The summed E-state index contributed by atoms with van der Waals surface area (Å²) >= 11 is 0. The van der Waals surface area contributed by atoms with Crippen molar-refractivity contribution in [3.05, 3.63) is 29.6 Å². The van der Waals surface area contributed by atoms with Gasteiger partial charge in [-0.15, -0.1) is 0 Å². The minimum atomic E-state index is -1.69. The van der Waals surface area contributed by atoms with Gasteiger partial charge in [0.2, 0.25) is 0 Å². The Kier molecular flexibility index (Phi) is 5.05. The van der Waals surface area contributed by atoms with E-state index in [0.717, 1.165) is 31.7 Å². The van der Waals surface area contributed by atoms with Gasteiger partial charge in [-0.05, 0) is 37.8 Å². The fourth-order valence-electron chi connectivity index (χ4n) is 2.62. The molecule has 1 fully saturated rings. The van der Waals surface area contributed by atoms with E-state index in [2.05, 4.69) is 0 Å². The van der Waals surface area contributed by atoms with Crippen molar-refractivity contribution in [2.75, 3.05) is 11.9 Å². The van der Waals surface area contributed by atoms with Crippen molar-refractivity contribution in [3.8, 4) is 0 Å². The fraction of sp³-hybridized carbons (Fsp3) is 0.467. The molecule has 0 aliphatic carbocycles. The Bertz CT molecular complexity index is 592. The maximum Gasteiger partial charge on any atom is 0.313 e. The molecule has 120 valence electrons. The van der Waals surface area contributed by atoms with E-state index in [0.29, 0.717) is 12.6 Å². The quantitative estimate of drug-likeness (QED) is 0.674. The molecule has 1 saturated heterocycles. The number of hydrogen-bond acceptors (Lipinski definition) is 2. The lowest BCUT2D eigenvalue weighted by atomic mass is 10.00. The van der Waals surface area contributed by atoms with Crippen LogP contribution in [0.4, 0.5) is 18.9 Å². The number of likely N-dealkylation sites (tertiary alicyclic amines) is 1. The summed E-state index contributed by atoms with van der Waals surface area (Å²) in [5.41, 5.74) is -0.553. The van der Waals surface area contributed by atoms with Gasteiger partial charge in [-0.1, -0.05) is 6.92 Å². The average Bonchev–Trinajstić information content (AvgIpc) is 2.54. The summed E-state index contributed by atoms with van der Waals surface area (Å²) in [6.45, 7) is 2.38. The van der Waals surface area contributed by atoms with Crippen LogP contribution in [-0.4, -0.2) is 29.3 Å². The number of piperidine rings is 1. The molecular formula is C15H17F3N2O2.